The second-order valence-electron chi connectivity index (χ2n) is 10.6. The second kappa shape index (κ2) is 10.3. The van der Waals surface area contributed by atoms with Gasteiger partial charge in [0.1, 0.15) is 17.4 Å². The summed E-state index contributed by atoms with van der Waals surface area (Å²) in [7, 11) is -1.80. The summed E-state index contributed by atoms with van der Waals surface area (Å²) in [6.07, 6.45) is 9.19. The first-order valence-corrected chi connectivity index (χ1v) is 14.8. The summed E-state index contributed by atoms with van der Waals surface area (Å²) < 4.78 is 34.0. The van der Waals surface area contributed by atoms with Crippen molar-refractivity contribution in [2.24, 2.45) is 0 Å². The van der Waals surface area contributed by atoms with Crippen LogP contribution in [-0.4, -0.2) is 65.1 Å². The summed E-state index contributed by atoms with van der Waals surface area (Å²) in [6.45, 7) is 2.13. The van der Waals surface area contributed by atoms with Crippen LogP contribution >= 0.6 is 0 Å². The topological polar surface area (TPSA) is 133 Å². The number of hydrogen-bond acceptors (Lipinski definition) is 10. The van der Waals surface area contributed by atoms with Crippen molar-refractivity contribution in [1.29, 1.82) is 0 Å². The van der Waals surface area contributed by atoms with Gasteiger partial charge in [-0.25, -0.2) is 18.8 Å². The lowest BCUT2D eigenvalue weighted by molar-refractivity contribution is 0.234. The van der Waals surface area contributed by atoms with E-state index in [1.54, 1.807) is 42.1 Å². The molecule has 0 spiro atoms. The lowest BCUT2D eigenvalue weighted by atomic mass is 9.99. The second-order valence-corrected chi connectivity index (χ2v) is 12.4. The molecule has 0 aliphatic carbocycles. The number of ether oxygens (including phenoxy) is 1. The highest BCUT2D eigenvalue weighted by atomic mass is 32.2. The van der Waals surface area contributed by atoms with Gasteiger partial charge in [-0.15, -0.1) is 0 Å². The van der Waals surface area contributed by atoms with E-state index in [1.165, 1.54) is 0 Å². The minimum Gasteiger partial charge on any atom is -0.495 e. The van der Waals surface area contributed by atoms with Crippen LogP contribution in [0.2, 0.25) is 0 Å². The molecular weight excluding hydrogens is 504 g/mol. The number of rotatable bonds is 8. The first kappa shape index (κ1) is 25.2. The number of fused-ring (bicyclic) bond motifs is 3. The third-order valence-electron chi connectivity index (χ3n) is 7.73. The van der Waals surface area contributed by atoms with Crippen molar-refractivity contribution < 1.29 is 13.2 Å². The number of methoxy groups -OCH3 is 1. The predicted octanol–water partition coefficient (Wildman–Crippen LogP) is 2.60. The van der Waals surface area contributed by atoms with Gasteiger partial charge in [0.05, 0.1) is 30.7 Å². The number of nitrogens with one attached hydrogen (secondary N) is 4. The van der Waals surface area contributed by atoms with E-state index in [9.17, 15) is 8.42 Å². The average Bonchev–Trinajstić information content (AvgIpc) is 3.44. The van der Waals surface area contributed by atoms with Crippen molar-refractivity contribution in [3.05, 3.63) is 48.4 Å². The first-order chi connectivity index (χ1) is 18.4. The van der Waals surface area contributed by atoms with E-state index in [1.807, 2.05) is 12.1 Å². The number of aromatic nitrogens is 3. The first-order valence-electron chi connectivity index (χ1n) is 13.2. The maximum absolute atomic E-state index is 13.4. The molecule has 3 aromatic heterocycles. The molecule has 3 aliphatic heterocycles. The molecule has 0 radical (unpaired) electrons. The number of piperidine rings is 1. The molecule has 0 aromatic carbocycles. The highest BCUT2D eigenvalue weighted by Crippen LogP contribution is 2.40. The van der Waals surface area contributed by atoms with Gasteiger partial charge in [-0.05, 0) is 62.8 Å². The Morgan fingerprint density at radius 1 is 1.08 bits per heavy atom. The van der Waals surface area contributed by atoms with Crippen molar-refractivity contribution in [2.75, 3.05) is 17.7 Å². The fraction of sp³-hybridized carbons (Fsp3) is 0.500. The largest absolute Gasteiger partial charge is 0.495 e. The predicted molar refractivity (Wildman–Crippen MR) is 146 cm³/mol. The normalized spacial score (nSPS) is 27.5. The van der Waals surface area contributed by atoms with Gasteiger partial charge in [0.25, 0.3) is 0 Å². The van der Waals surface area contributed by atoms with E-state index < -0.39 is 10.0 Å². The van der Waals surface area contributed by atoms with E-state index in [0.717, 1.165) is 60.2 Å². The Labute approximate surface area is 222 Å². The molecule has 0 saturated carbocycles. The molecular formula is C26H34N8O3S. The molecule has 202 valence electrons. The van der Waals surface area contributed by atoms with Gasteiger partial charge in [0, 0.05) is 48.0 Å². The number of anilines is 2. The van der Waals surface area contributed by atoms with Crippen LogP contribution in [0.25, 0.3) is 10.9 Å². The van der Waals surface area contributed by atoms with Crippen LogP contribution in [0.15, 0.2) is 42.9 Å². The number of sulfonamides is 1. The van der Waals surface area contributed by atoms with E-state index in [-0.39, 0.29) is 30.0 Å². The molecule has 3 fully saturated rings. The van der Waals surface area contributed by atoms with Gasteiger partial charge in [-0.3, -0.25) is 15.4 Å². The number of pyridine rings is 3. The Morgan fingerprint density at radius 2 is 1.84 bits per heavy atom. The Hall–Kier alpha value is -3.06. The molecule has 6 rings (SSSR count). The lowest BCUT2D eigenvalue weighted by Crippen LogP contribution is -2.50. The number of hydrazine groups is 1. The maximum atomic E-state index is 13.4. The van der Waals surface area contributed by atoms with Crippen LogP contribution in [0, 0.1) is 0 Å². The molecule has 4 N–H and O–H groups in total. The number of nitrogens with zero attached hydrogens (tertiary/aromatic N) is 4. The molecule has 3 saturated heterocycles. The minimum atomic E-state index is -3.42. The minimum absolute atomic E-state index is 0.00859. The van der Waals surface area contributed by atoms with Crippen molar-refractivity contribution in [1.82, 2.24) is 30.1 Å². The van der Waals surface area contributed by atoms with E-state index >= 15 is 0 Å². The maximum Gasteiger partial charge on any atom is 0.218 e. The highest BCUT2D eigenvalue weighted by molar-refractivity contribution is 7.88. The summed E-state index contributed by atoms with van der Waals surface area (Å²) in [5.74, 6) is 2.13. The highest BCUT2D eigenvalue weighted by Gasteiger charge is 2.46. The summed E-state index contributed by atoms with van der Waals surface area (Å²) in [5.41, 5.74) is 8.05. The van der Waals surface area contributed by atoms with Crippen molar-refractivity contribution in [2.45, 2.75) is 75.1 Å². The molecule has 2 bridgehead atoms. The zero-order chi connectivity index (χ0) is 26.3. The van der Waals surface area contributed by atoms with Crippen LogP contribution in [0.4, 0.5) is 11.6 Å². The zero-order valence-corrected chi connectivity index (χ0v) is 22.4. The lowest BCUT2D eigenvalue weighted by Gasteiger charge is -2.38. The van der Waals surface area contributed by atoms with Gasteiger partial charge in [-0.2, -0.15) is 4.31 Å². The van der Waals surface area contributed by atoms with Crippen LogP contribution in [0.5, 0.6) is 5.75 Å². The van der Waals surface area contributed by atoms with Gasteiger partial charge in [0.2, 0.25) is 10.0 Å². The molecule has 3 aliphatic rings. The molecule has 12 heteroatoms. The van der Waals surface area contributed by atoms with Crippen molar-refractivity contribution in [3.8, 4) is 5.75 Å². The van der Waals surface area contributed by atoms with Crippen LogP contribution < -0.4 is 26.2 Å². The Bertz CT molecular complexity index is 1390. The Kier molecular flexibility index (Phi) is 6.81. The summed E-state index contributed by atoms with van der Waals surface area (Å²) in [6, 6.07) is 7.86. The van der Waals surface area contributed by atoms with Crippen LogP contribution in [0.3, 0.4) is 0 Å². The zero-order valence-electron chi connectivity index (χ0n) is 21.6. The van der Waals surface area contributed by atoms with Crippen LogP contribution in [0.1, 0.15) is 44.6 Å². The summed E-state index contributed by atoms with van der Waals surface area (Å²) >= 11 is 0. The summed E-state index contributed by atoms with van der Waals surface area (Å²) in [4.78, 5) is 13.5. The van der Waals surface area contributed by atoms with Gasteiger partial charge >= 0.3 is 0 Å². The molecule has 38 heavy (non-hydrogen) atoms. The summed E-state index contributed by atoms with van der Waals surface area (Å²) in [5, 5.41) is 8.00. The number of hydrogen-bond donors (Lipinski definition) is 4. The van der Waals surface area contributed by atoms with E-state index in [4.69, 9.17) is 9.72 Å². The molecule has 3 aromatic rings. The fourth-order valence-corrected chi connectivity index (χ4v) is 8.10. The van der Waals surface area contributed by atoms with Crippen LogP contribution in [-0.2, 0) is 15.8 Å². The molecule has 5 atom stereocenters. The van der Waals surface area contributed by atoms with E-state index in [2.05, 4.69) is 38.4 Å². The smallest absolute Gasteiger partial charge is 0.218 e. The standard InChI is InChI=1S/C26H34N8O3S/c1-16-9-25(33-32-16)30-24-13-23-22(12-21(37-2)14-28-23)26(31-24)29-18-10-19-3-4-20(11-18)34(19)38(35,36)15-17-5-7-27-8-6-17/h5-8,12-14,16,18-20,25,32-33H,3-4,9-11,15H2,1-2H3,(H2,29,30,31)/t16?,18?,19-,20+,25?. The van der Waals surface area contributed by atoms with E-state index in [0.29, 0.717) is 11.8 Å². The Morgan fingerprint density at radius 3 is 2.53 bits per heavy atom. The quantitative estimate of drug-likeness (QED) is 0.339. The SMILES string of the molecule is COc1cnc2cc(NC3CC(C)NN3)nc(NC3C[C@H]4CC[C@@H](C3)N4S(=O)(=O)Cc3ccncc3)c2c1. The van der Waals surface area contributed by atoms with Crippen molar-refractivity contribution >= 4 is 32.6 Å². The van der Waals surface area contributed by atoms with Gasteiger partial charge in [-0.1, -0.05) is 0 Å². The monoisotopic (exact) mass is 538 g/mol. The van der Waals surface area contributed by atoms with Crippen molar-refractivity contribution in [3.63, 3.8) is 0 Å². The Balaban J connectivity index is 1.23. The third kappa shape index (κ3) is 5.13. The molecule has 0 amide bonds. The van der Waals surface area contributed by atoms with Gasteiger partial charge < -0.3 is 15.4 Å². The fourth-order valence-electron chi connectivity index (χ4n) is 6.05. The average molecular weight is 539 g/mol. The molecule has 3 unspecified atom stereocenters. The third-order valence-corrected chi connectivity index (χ3v) is 9.67. The molecule has 11 nitrogen and oxygen atoms in total. The molecule has 6 heterocycles. The van der Waals surface area contributed by atoms with Gasteiger partial charge in [0.15, 0.2) is 0 Å².